The molecular formula is C15H22N4S. The van der Waals surface area contributed by atoms with Gasteiger partial charge in [0.15, 0.2) is 0 Å². The fourth-order valence-electron chi connectivity index (χ4n) is 3.22. The number of hydrogen-bond donors (Lipinski definition) is 1. The zero-order chi connectivity index (χ0) is 14.0. The second kappa shape index (κ2) is 5.79. The summed E-state index contributed by atoms with van der Waals surface area (Å²) in [6.45, 7) is 0. The monoisotopic (exact) mass is 290 g/mol. The number of nitriles is 1. The van der Waals surface area contributed by atoms with Gasteiger partial charge in [-0.05, 0) is 43.8 Å². The highest BCUT2D eigenvalue weighted by Crippen LogP contribution is 2.40. The van der Waals surface area contributed by atoms with Gasteiger partial charge < -0.3 is 0 Å². The lowest BCUT2D eigenvalue weighted by molar-refractivity contribution is 0.308. The van der Waals surface area contributed by atoms with Gasteiger partial charge in [-0.3, -0.25) is 10.00 Å². The summed E-state index contributed by atoms with van der Waals surface area (Å²) in [5, 5.41) is 17.5. The minimum atomic E-state index is -0.239. The number of nitrogens with zero attached hydrogens (tertiary/aromatic N) is 3. The smallest absolute Gasteiger partial charge is 0.109 e. The van der Waals surface area contributed by atoms with Crippen LogP contribution in [0.1, 0.15) is 38.5 Å². The first kappa shape index (κ1) is 14.0. The molecule has 2 aliphatic rings. The van der Waals surface area contributed by atoms with Crippen LogP contribution in [0.4, 0.5) is 0 Å². The van der Waals surface area contributed by atoms with E-state index in [4.69, 9.17) is 0 Å². The van der Waals surface area contributed by atoms with Gasteiger partial charge in [-0.15, -0.1) is 11.8 Å². The molecule has 0 saturated heterocycles. The number of thioether (sulfide) groups is 1. The van der Waals surface area contributed by atoms with Crippen molar-refractivity contribution in [3.05, 3.63) is 12.4 Å². The average Bonchev–Trinajstić information content (AvgIpc) is 3.01. The molecule has 108 valence electrons. The molecule has 0 aromatic carbocycles. The summed E-state index contributed by atoms with van der Waals surface area (Å²) in [7, 11) is 1.95. The van der Waals surface area contributed by atoms with Crippen molar-refractivity contribution < 1.29 is 0 Å². The number of aryl methyl sites for hydroxylation is 1. The van der Waals surface area contributed by atoms with Gasteiger partial charge in [0.25, 0.3) is 0 Å². The SMILES string of the molecule is Cn1cc(SCCC2CCCC2(C#N)NC2CC2)cn1. The van der Waals surface area contributed by atoms with Crippen LogP contribution in [0, 0.1) is 17.2 Å². The topological polar surface area (TPSA) is 53.6 Å². The molecule has 2 unspecified atom stereocenters. The predicted molar refractivity (Wildman–Crippen MR) is 80.4 cm³/mol. The van der Waals surface area contributed by atoms with E-state index in [2.05, 4.69) is 22.7 Å². The van der Waals surface area contributed by atoms with Crippen LogP contribution >= 0.6 is 11.8 Å². The van der Waals surface area contributed by atoms with Gasteiger partial charge in [-0.2, -0.15) is 10.4 Å². The lowest BCUT2D eigenvalue weighted by atomic mass is 9.86. The van der Waals surface area contributed by atoms with Gasteiger partial charge in [-0.1, -0.05) is 6.42 Å². The largest absolute Gasteiger partial charge is 0.296 e. The summed E-state index contributed by atoms with van der Waals surface area (Å²) in [5.41, 5.74) is -0.239. The Morgan fingerprint density at radius 3 is 3.05 bits per heavy atom. The Morgan fingerprint density at radius 1 is 1.55 bits per heavy atom. The molecule has 2 atom stereocenters. The maximum atomic E-state index is 9.65. The molecule has 0 aliphatic heterocycles. The van der Waals surface area contributed by atoms with Crippen LogP contribution in [-0.4, -0.2) is 27.1 Å². The summed E-state index contributed by atoms with van der Waals surface area (Å²) < 4.78 is 1.84. The number of nitrogens with one attached hydrogen (secondary N) is 1. The summed E-state index contributed by atoms with van der Waals surface area (Å²) in [4.78, 5) is 1.23. The van der Waals surface area contributed by atoms with E-state index in [1.807, 2.05) is 29.7 Å². The fraction of sp³-hybridized carbons (Fsp3) is 0.733. The normalized spacial score (nSPS) is 29.5. The molecule has 0 radical (unpaired) electrons. The van der Waals surface area contributed by atoms with Crippen LogP contribution < -0.4 is 5.32 Å². The van der Waals surface area contributed by atoms with Crippen molar-refractivity contribution in [1.82, 2.24) is 15.1 Å². The molecule has 1 aromatic heterocycles. The molecule has 5 heteroatoms. The molecule has 0 amide bonds. The molecule has 1 aromatic rings. The molecule has 2 fully saturated rings. The first-order valence-corrected chi connectivity index (χ1v) is 8.51. The predicted octanol–water partition coefficient (Wildman–Crippen LogP) is 2.72. The lowest BCUT2D eigenvalue weighted by Crippen LogP contribution is -2.48. The summed E-state index contributed by atoms with van der Waals surface area (Å²) in [6.07, 6.45) is 11.0. The van der Waals surface area contributed by atoms with Gasteiger partial charge >= 0.3 is 0 Å². The minimum absolute atomic E-state index is 0.239. The Morgan fingerprint density at radius 2 is 2.40 bits per heavy atom. The molecule has 2 saturated carbocycles. The Labute approximate surface area is 124 Å². The minimum Gasteiger partial charge on any atom is -0.296 e. The Hall–Kier alpha value is -0.990. The van der Waals surface area contributed by atoms with Gasteiger partial charge in [0.2, 0.25) is 0 Å². The Bertz CT molecular complexity index is 502. The maximum Gasteiger partial charge on any atom is 0.109 e. The maximum absolute atomic E-state index is 9.65. The van der Waals surface area contributed by atoms with E-state index >= 15 is 0 Å². The van der Waals surface area contributed by atoms with Crippen LogP contribution in [0.3, 0.4) is 0 Å². The lowest BCUT2D eigenvalue weighted by Gasteiger charge is -2.30. The molecule has 0 bridgehead atoms. The van der Waals surface area contributed by atoms with Crippen LogP contribution in [0.25, 0.3) is 0 Å². The fourth-order valence-corrected chi connectivity index (χ4v) is 4.21. The van der Waals surface area contributed by atoms with E-state index in [0.717, 1.165) is 18.6 Å². The van der Waals surface area contributed by atoms with E-state index < -0.39 is 0 Å². The van der Waals surface area contributed by atoms with Gasteiger partial charge in [-0.25, -0.2) is 0 Å². The first-order valence-electron chi connectivity index (χ1n) is 7.52. The summed E-state index contributed by atoms with van der Waals surface area (Å²) in [6, 6.07) is 3.23. The highest BCUT2D eigenvalue weighted by molar-refractivity contribution is 7.99. The first-order chi connectivity index (χ1) is 9.72. The van der Waals surface area contributed by atoms with E-state index in [1.165, 1.54) is 30.6 Å². The van der Waals surface area contributed by atoms with E-state index in [-0.39, 0.29) is 5.54 Å². The zero-order valence-electron chi connectivity index (χ0n) is 12.0. The number of aromatic nitrogens is 2. The van der Waals surface area contributed by atoms with Crippen molar-refractivity contribution in [2.45, 2.75) is 55.0 Å². The van der Waals surface area contributed by atoms with Crippen molar-refractivity contribution in [2.75, 3.05) is 5.75 Å². The summed E-state index contributed by atoms with van der Waals surface area (Å²) in [5.74, 6) is 1.59. The van der Waals surface area contributed by atoms with Gasteiger partial charge in [0.05, 0.1) is 12.3 Å². The van der Waals surface area contributed by atoms with Crippen LogP contribution in [0.2, 0.25) is 0 Å². The average molecular weight is 290 g/mol. The third-order valence-corrected chi connectivity index (χ3v) is 5.46. The highest BCUT2D eigenvalue weighted by atomic mass is 32.2. The van der Waals surface area contributed by atoms with Crippen molar-refractivity contribution in [1.29, 1.82) is 5.26 Å². The molecule has 20 heavy (non-hydrogen) atoms. The van der Waals surface area contributed by atoms with E-state index in [1.54, 1.807) is 0 Å². The van der Waals surface area contributed by atoms with Gasteiger partial charge in [0, 0.05) is 24.2 Å². The van der Waals surface area contributed by atoms with Crippen molar-refractivity contribution in [3.8, 4) is 6.07 Å². The molecule has 2 aliphatic carbocycles. The molecular weight excluding hydrogens is 268 g/mol. The van der Waals surface area contributed by atoms with Crippen LogP contribution in [0.15, 0.2) is 17.3 Å². The Balaban J connectivity index is 1.54. The van der Waals surface area contributed by atoms with E-state index in [9.17, 15) is 5.26 Å². The number of hydrogen-bond acceptors (Lipinski definition) is 4. The molecule has 4 nitrogen and oxygen atoms in total. The second-order valence-corrected chi connectivity index (χ2v) is 7.25. The zero-order valence-corrected chi connectivity index (χ0v) is 12.8. The van der Waals surface area contributed by atoms with Crippen molar-refractivity contribution in [2.24, 2.45) is 13.0 Å². The second-order valence-electron chi connectivity index (χ2n) is 6.08. The molecule has 1 heterocycles. The third kappa shape index (κ3) is 3.02. The molecule has 3 rings (SSSR count). The highest BCUT2D eigenvalue weighted by Gasteiger charge is 2.45. The Kier molecular flexibility index (Phi) is 4.04. The molecule has 1 N–H and O–H groups in total. The van der Waals surface area contributed by atoms with Crippen molar-refractivity contribution in [3.63, 3.8) is 0 Å². The quantitative estimate of drug-likeness (QED) is 0.819. The van der Waals surface area contributed by atoms with Crippen molar-refractivity contribution >= 4 is 11.8 Å². The van der Waals surface area contributed by atoms with Crippen LogP contribution in [0.5, 0.6) is 0 Å². The van der Waals surface area contributed by atoms with Gasteiger partial charge in [0.1, 0.15) is 5.54 Å². The third-order valence-electron chi connectivity index (χ3n) is 4.48. The van der Waals surface area contributed by atoms with E-state index in [0.29, 0.717) is 12.0 Å². The number of rotatable bonds is 6. The molecule has 0 spiro atoms. The standard InChI is InChI=1S/C15H22N4S/c1-19-10-14(9-17-19)20-8-6-12-3-2-7-15(12,11-16)18-13-4-5-13/h9-10,12-13,18H,2-8H2,1H3. The van der Waals surface area contributed by atoms with Crippen LogP contribution in [-0.2, 0) is 7.05 Å². The summed E-state index contributed by atoms with van der Waals surface area (Å²) >= 11 is 1.85.